The first kappa shape index (κ1) is 16.2. The molecule has 22 heavy (non-hydrogen) atoms. The maximum Gasteiger partial charge on any atom is 0.323 e. The number of benzene rings is 1. The van der Waals surface area contributed by atoms with Crippen molar-refractivity contribution in [2.24, 2.45) is 0 Å². The minimum absolute atomic E-state index is 0.0832. The molecule has 0 aliphatic carbocycles. The number of nitrogens with one attached hydrogen (secondary N) is 2. The lowest BCUT2D eigenvalue weighted by Crippen LogP contribution is -2.14. The largest absolute Gasteiger partial charge is 0.325 e. The van der Waals surface area contributed by atoms with Gasteiger partial charge < -0.3 is 5.32 Å². The van der Waals surface area contributed by atoms with E-state index in [1.165, 1.54) is 19.1 Å². The molecular formula is C12H10ClFN4O3S. The van der Waals surface area contributed by atoms with Crippen molar-refractivity contribution in [3.63, 3.8) is 0 Å². The molecule has 2 rings (SSSR count). The fourth-order valence-corrected chi connectivity index (χ4v) is 2.62. The molecule has 1 aromatic heterocycles. The molecule has 0 saturated carbocycles. The third-order valence-corrected chi connectivity index (χ3v) is 3.86. The molecule has 0 fully saturated rings. The van der Waals surface area contributed by atoms with Gasteiger partial charge in [-0.3, -0.25) is 20.0 Å². The fraction of sp³-hybridized carbons (Fsp3) is 0.167. The maximum absolute atomic E-state index is 13.0. The number of H-pyrrole nitrogens is 1. The third-order valence-electron chi connectivity index (χ3n) is 2.61. The standard InChI is InChI=1S/C12H10ClFN4O3S/c1-6-11(18(20)21)12(17-16-6)22-5-10(19)15-7-2-3-9(14)8(13)4-7/h2-4H,5H2,1H3,(H,15,19)(H,16,17). The zero-order valence-electron chi connectivity index (χ0n) is 11.2. The molecule has 1 heterocycles. The highest BCUT2D eigenvalue weighted by Gasteiger charge is 2.22. The second kappa shape index (κ2) is 6.75. The Morgan fingerprint density at radius 3 is 2.95 bits per heavy atom. The van der Waals surface area contributed by atoms with Gasteiger partial charge in [0.25, 0.3) is 0 Å². The van der Waals surface area contributed by atoms with Gasteiger partial charge >= 0.3 is 5.69 Å². The average molecular weight is 345 g/mol. The molecule has 1 amide bonds. The maximum atomic E-state index is 13.0. The van der Waals surface area contributed by atoms with Gasteiger partial charge in [0.15, 0.2) is 5.03 Å². The number of anilines is 1. The van der Waals surface area contributed by atoms with E-state index < -0.39 is 16.6 Å². The highest BCUT2D eigenvalue weighted by atomic mass is 35.5. The number of carbonyl (C=O) groups excluding carboxylic acids is 1. The van der Waals surface area contributed by atoms with Crippen molar-refractivity contribution in [1.82, 2.24) is 10.2 Å². The Labute approximate surface area is 133 Å². The summed E-state index contributed by atoms with van der Waals surface area (Å²) in [7, 11) is 0. The lowest BCUT2D eigenvalue weighted by atomic mass is 10.3. The first-order valence-corrected chi connectivity index (χ1v) is 7.32. The van der Waals surface area contributed by atoms with Crippen LogP contribution in [0.4, 0.5) is 15.8 Å². The number of rotatable bonds is 5. The lowest BCUT2D eigenvalue weighted by molar-refractivity contribution is -0.388. The zero-order valence-corrected chi connectivity index (χ0v) is 12.8. The van der Waals surface area contributed by atoms with Crippen LogP contribution in [-0.4, -0.2) is 26.8 Å². The van der Waals surface area contributed by atoms with E-state index in [0.29, 0.717) is 11.4 Å². The molecule has 1 aromatic carbocycles. The summed E-state index contributed by atoms with van der Waals surface area (Å²) in [6.07, 6.45) is 0. The van der Waals surface area contributed by atoms with Crippen LogP contribution < -0.4 is 5.32 Å². The predicted octanol–water partition coefficient (Wildman–Crippen LogP) is 3.15. The normalized spacial score (nSPS) is 10.5. The second-order valence-electron chi connectivity index (χ2n) is 4.23. The van der Waals surface area contributed by atoms with Gasteiger partial charge in [0.05, 0.1) is 15.7 Å². The topological polar surface area (TPSA) is 101 Å². The monoisotopic (exact) mass is 344 g/mol. The number of carbonyl (C=O) groups is 1. The van der Waals surface area contributed by atoms with Gasteiger partial charge in [-0.05, 0) is 25.1 Å². The number of nitrogens with zero attached hydrogens (tertiary/aromatic N) is 2. The summed E-state index contributed by atoms with van der Waals surface area (Å²) in [5, 5.41) is 19.7. The Kier molecular flexibility index (Phi) is 4.99. The van der Waals surface area contributed by atoms with Gasteiger partial charge in [-0.1, -0.05) is 23.4 Å². The molecule has 0 bridgehead atoms. The minimum Gasteiger partial charge on any atom is -0.325 e. The van der Waals surface area contributed by atoms with Gasteiger partial charge in [-0.2, -0.15) is 5.10 Å². The Hall–Kier alpha value is -2.13. The number of halogens is 2. The molecule has 0 radical (unpaired) electrons. The average Bonchev–Trinajstić information content (AvgIpc) is 2.82. The molecule has 0 saturated heterocycles. The zero-order chi connectivity index (χ0) is 16.3. The second-order valence-corrected chi connectivity index (χ2v) is 5.60. The molecule has 7 nitrogen and oxygen atoms in total. The molecule has 0 unspecified atom stereocenters. The van der Waals surface area contributed by atoms with Crippen LogP contribution in [0.5, 0.6) is 0 Å². The SMILES string of the molecule is Cc1[nH]nc(SCC(=O)Nc2ccc(F)c(Cl)c2)c1[N+](=O)[O-]. The number of aryl methyl sites for hydroxylation is 1. The molecule has 0 atom stereocenters. The molecule has 2 N–H and O–H groups in total. The smallest absolute Gasteiger partial charge is 0.323 e. The molecule has 0 spiro atoms. The van der Waals surface area contributed by atoms with Crippen LogP contribution in [0, 0.1) is 22.9 Å². The highest BCUT2D eigenvalue weighted by Crippen LogP contribution is 2.29. The fourth-order valence-electron chi connectivity index (χ4n) is 1.62. The van der Waals surface area contributed by atoms with Crippen LogP contribution in [0.2, 0.25) is 5.02 Å². The van der Waals surface area contributed by atoms with Crippen molar-refractivity contribution in [2.75, 3.05) is 11.1 Å². The van der Waals surface area contributed by atoms with E-state index in [2.05, 4.69) is 15.5 Å². The Morgan fingerprint density at radius 1 is 1.59 bits per heavy atom. The van der Waals surface area contributed by atoms with Crippen molar-refractivity contribution in [3.05, 3.63) is 44.8 Å². The first-order chi connectivity index (χ1) is 10.4. The number of thioether (sulfide) groups is 1. The molecule has 0 aliphatic rings. The summed E-state index contributed by atoms with van der Waals surface area (Å²) < 4.78 is 13.0. The molecule has 0 aliphatic heterocycles. The van der Waals surface area contributed by atoms with Crippen molar-refractivity contribution in [3.8, 4) is 0 Å². The minimum atomic E-state index is -0.586. The van der Waals surface area contributed by atoms with Crippen molar-refractivity contribution in [1.29, 1.82) is 0 Å². The highest BCUT2D eigenvalue weighted by molar-refractivity contribution is 8.00. The number of aromatic nitrogens is 2. The quantitative estimate of drug-likeness (QED) is 0.493. The van der Waals surface area contributed by atoms with Gasteiger partial charge in [0.2, 0.25) is 5.91 Å². The van der Waals surface area contributed by atoms with Crippen molar-refractivity contribution >= 4 is 40.6 Å². The predicted molar refractivity (Wildman–Crippen MR) is 80.7 cm³/mol. The van der Waals surface area contributed by atoms with E-state index in [1.54, 1.807) is 0 Å². The number of amides is 1. The van der Waals surface area contributed by atoms with E-state index in [4.69, 9.17) is 11.6 Å². The van der Waals surface area contributed by atoms with Gasteiger partial charge in [0.1, 0.15) is 11.5 Å². The van der Waals surface area contributed by atoms with E-state index >= 15 is 0 Å². The summed E-state index contributed by atoms with van der Waals surface area (Å²) >= 11 is 6.54. The molecular weight excluding hydrogens is 335 g/mol. The number of hydrogen-bond acceptors (Lipinski definition) is 5. The van der Waals surface area contributed by atoms with Crippen LogP contribution in [0.1, 0.15) is 5.69 Å². The number of hydrogen-bond donors (Lipinski definition) is 2. The van der Waals surface area contributed by atoms with Gasteiger partial charge in [-0.15, -0.1) is 0 Å². The van der Waals surface area contributed by atoms with E-state index in [0.717, 1.165) is 17.8 Å². The summed E-state index contributed by atoms with van der Waals surface area (Å²) in [4.78, 5) is 22.1. The van der Waals surface area contributed by atoms with E-state index in [-0.39, 0.29) is 21.5 Å². The number of aromatic amines is 1. The van der Waals surface area contributed by atoms with Crippen LogP contribution in [0.25, 0.3) is 0 Å². The van der Waals surface area contributed by atoms with Crippen LogP contribution >= 0.6 is 23.4 Å². The van der Waals surface area contributed by atoms with Crippen LogP contribution in [-0.2, 0) is 4.79 Å². The third kappa shape index (κ3) is 3.74. The Morgan fingerprint density at radius 2 is 2.32 bits per heavy atom. The van der Waals surface area contributed by atoms with E-state index in [1.807, 2.05) is 0 Å². The summed E-state index contributed by atoms with van der Waals surface area (Å²) in [5.41, 5.74) is 0.505. The van der Waals surface area contributed by atoms with Crippen molar-refractivity contribution in [2.45, 2.75) is 11.9 Å². The van der Waals surface area contributed by atoms with E-state index in [9.17, 15) is 19.3 Å². The first-order valence-electron chi connectivity index (χ1n) is 5.95. The van der Waals surface area contributed by atoms with Crippen molar-refractivity contribution < 1.29 is 14.1 Å². The van der Waals surface area contributed by atoms with Gasteiger partial charge in [0, 0.05) is 5.69 Å². The summed E-state index contributed by atoms with van der Waals surface area (Å²) in [6, 6.07) is 3.78. The summed E-state index contributed by atoms with van der Waals surface area (Å²) in [6.45, 7) is 1.52. The molecule has 10 heteroatoms. The molecule has 2 aromatic rings. The Balaban J connectivity index is 1.98. The Bertz CT molecular complexity index is 737. The van der Waals surface area contributed by atoms with Crippen LogP contribution in [0.15, 0.2) is 23.2 Å². The van der Waals surface area contributed by atoms with Gasteiger partial charge in [-0.25, -0.2) is 4.39 Å². The lowest BCUT2D eigenvalue weighted by Gasteiger charge is -2.05. The molecule has 116 valence electrons. The number of nitro groups is 1. The summed E-state index contributed by atoms with van der Waals surface area (Å²) in [5.74, 6) is -1.08. The van der Waals surface area contributed by atoms with Crippen LogP contribution in [0.3, 0.4) is 0 Å².